The summed E-state index contributed by atoms with van der Waals surface area (Å²) in [5.41, 5.74) is 2.18. The molecule has 1 aromatic heterocycles. The van der Waals surface area contributed by atoms with Gasteiger partial charge in [0.15, 0.2) is 0 Å². The number of hydrogen-bond donors (Lipinski definition) is 1. The fourth-order valence-electron chi connectivity index (χ4n) is 3.27. The second-order valence-corrected chi connectivity index (χ2v) is 6.71. The lowest BCUT2D eigenvalue weighted by atomic mass is 10.1. The molecule has 1 aliphatic rings. The van der Waals surface area contributed by atoms with Crippen LogP contribution in [-0.4, -0.2) is 34.7 Å². The fraction of sp³-hybridized carbons (Fsp3) is 0.450. The van der Waals surface area contributed by atoms with E-state index in [1.54, 1.807) is 4.90 Å². The van der Waals surface area contributed by atoms with Crippen molar-refractivity contribution in [2.24, 2.45) is 0 Å². The molecule has 0 unspecified atom stereocenters. The summed E-state index contributed by atoms with van der Waals surface area (Å²) >= 11 is 0. The molecule has 6 heteroatoms. The van der Waals surface area contributed by atoms with Crippen LogP contribution in [0.25, 0.3) is 0 Å². The van der Waals surface area contributed by atoms with Crippen LogP contribution < -0.4 is 10.2 Å². The molecule has 0 atom stereocenters. The summed E-state index contributed by atoms with van der Waals surface area (Å²) in [6, 6.07) is 12.2. The lowest BCUT2D eigenvalue weighted by Gasteiger charge is -2.27. The first-order chi connectivity index (χ1) is 12.6. The molecule has 0 saturated heterocycles. The van der Waals surface area contributed by atoms with E-state index in [0.717, 1.165) is 37.3 Å². The van der Waals surface area contributed by atoms with E-state index < -0.39 is 0 Å². The van der Waals surface area contributed by atoms with Gasteiger partial charge in [-0.15, -0.1) is 0 Å². The monoisotopic (exact) mass is 354 g/mol. The Hall–Kier alpha value is -2.63. The smallest absolute Gasteiger partial charge is 0.228 e. The number of nitrogens with one attached hydrogen (secondary N) is 1. The zero-order valence-corrected chi connectivity index (χ0v) is 15.3. The number of nitrogens with zero attached hydrogens (tertiary/aromatic N) is 3. The Labute approximate surface area is 154 Å². The first kappa shape index (κ1) is 18.2. The molecule has 0 saturated carbocycles. The number of aromatic nitrogens is 2. The number of anilines is 1. The molecule has 1 aromatic carbocycles. The third kappa shape index (κ3) is 4.71. The van der Waals surface area contributed by atoms with Crippen molar-refractivity contribution in [2.45, 2.75) is 45.6 Å². The Morgan fingerprint density at radius 1 is 1.15 bits per heavy atom. The van der Waals surface area contributed by atoms with Crippen molar-refractivity contribution in [3.05, 3.63) is 47.7 Å². The van der Waals surface area contributed by atoms with Crippen LogP contribution in [0.1, 0.15) is 36.9 Å². The minimum absolute atomic E-state index is 0.00899. The molecule has 0 spiro atoms. The predicted octanol–water partition coefficient (Wildman–Crippen LogP) is 2.46. The maximum Gasteiger partial charge on any atom is 0.228 e. The van der Waals surface area contributed by atoms with Crippen molar-refractivity contribution in [3.63, 3.8) is 0 Å². The van der Waals surface area contributed by atoms with Crippen molar-refractivity contribution < 1.29 is 9.59 Å². The molecule has 1 aliphatic heterocycles. The molecule has 3 rings (SSSR count). The van der Waals surface area contributed by atoms with Crippen LogP contribution >= 0.6 is 0 Å². The van der Waals surface area contributed by atoms with E-state index in [-0.39, 0.29) is 24.7 Å². The van der Waals surface area contributed by atoms with Crippen molar-refractivity contribution in [2.75, 3.05) is 18.0 Å². The second-order valence-electron chi connectivity index (χ2n) is 6.71. The third-order valence-corrected chi connectivity index (χ3v) is 4.58. The predicted molar refractivity (Wildman–Crippen MR) is 101 cm³/mol. The zero-order chi connectivity index (χ0) is 18.4. The van der Waals surface area contributed by atoms with Gasteiger partial charge in [0.05, 0.1) is 5.69 Å². The Bertz CT molecular complexity index is 754. The van der Waals surface area contributed by atoms with Gasteiger partial charge in [-0.2, -0.15) is 5.10 Å². The Morgan fingerprint density at radius 3 is 2.77 bits per heavy atom. The van der Waals surface area contributed by atoms with Gasteiger partial charge in [-0.3, -0.25) is 14.5 Å². The van der Waals surface area contributed by atoms with Gasteiger partial charge in [0, 0.05) is 38.5 Å². The minimum Gasteiger partial charge on any atom is -0.356 e. The van der Waals surface area contributed by atoms with E-state index in [1.165, 1.54) is 5.56 Å². The lowest BCUT2D eigenvalue weighted by molar-refractivity contribution is -0.125. The van der Waals surface area contributed by atoms with Crippen LogP contribution in [0.2, 0.25) is 0 Å². The molecular weight excluding hydrogens is 328 g/mol. The maximum absolute atomic E-state index is 12.5. The molecule has 2 amide bonds. The Morgan fingerprint density at radius 2 is 1.96 bits per heavy atom. The van der Waals surface area contributed by atoms with Crippen molar-refractivity contribution >= 4 is 17.6 Å². The number of hydrogen-bond acceptors (Lipinski definition) is 3. The van der Waals surface area contributed by atoms with Gasteiger partial charge in [0.1, 0.15) is 5.82 Å². The molecule has 0 aliphatic carbocycles. The normalized spacial score (nSPS) is 13.3. The SMILES string of the molecule is Cc1cc2n(n1)CCCN2C(=O)CCC(=O)NCCCc1ccccc1. The average molecular weight is 354 g/mol. The summed E-state index contributed by atoms with van der Waals surface area (Å²) in [7, 11) is 0. The molecular formula is C20H26N4O2. The van der Waals surface area contributed by atoms with Crippen LogP contribution in [0, 0.1) is 6.92 Å². The molecule has 1 N–H and O–H groups in total. The van der Waals surface area contributed by atoms with E-state index in [1.807, 2.05) is 35.9 Å². The minimum atomic E-state index is -0.0619. The maximum atomic E-state index is 12.5. The third-order valence-electron chi connectivity index (χ3n) is 4.58. The lowest BCUT2D eigenvalue weighted by Crippen LogP contribution is -2.38. The van der Waals surface area contributed by atoms with Crippen molar-refractivity contribution in [1.82, 2.24) is 15.1 Å². The largest absolute Gasteiger partial charge is 0.356 e. The number of carbonyl (C=O) groups is 2. The highest BCUT2D eigenvalue weighted by Crippen LogP contribution is 2.22. The quantitative estimate of drug-likeness (QED) is 0.777. The van der Waals surface area contributed by atoms with Gasteiger partial charge in [-0.25, -0.2) is 4.68 Å². The first-order valence-corrected chi connectivity index (χ1v) is 9.29. The van der Waals surface area contributed by atoms with Crippen LogP contribution in [0.5, 0.6) is 0 Å². The Kier molecular flexibility index (Phi) is 6.04. The van der Waals surface area contributed by atoms with Gasteiger partial charge < -0.3 is 5.32 Å². The summed E-state index contributed by atoms with van der Waals surface area (Å²) < 4.78 is 1.88. The number of aryl methyl sites for hydroxylation is 3. The molecule has 26 heavy (non-hydrogen) atoms. The highest BCUT2D eigenvalue weighted by atomic mass is 16.2. The van der Waals surface area contributed by atoms with E-state index in [9.17, 15) is 9.59 Å². The summed E-state index contributed by atoms with van der Waals surface area (Å²) in [6.07, 6.45) is 3.19. The molecule has 138 valence electrons. The summed E-state index contributed by atoms with van der Waals surface area (Å²) in [5.74, 6) is 0.778. The van der Waals surface area contributed by atoms with E-state index in [0.29, 0.717) is 13.1 Å². The van der Waals surface area contributed by atoms with Gasteiger partial charge in [-0.05, 0) is 31.7 Å². The molecule has 0 radical (unpaired) electrons. The van der Waals surface area contributed by atoms with E-state index in [4.69, 9.17) is 0 Å². The first-order valence-electron chi connectivity index (χ1n) is 9.29. The summed E-state index contributed by atoms with van der Waals surface area (Å²) in [6.45, 7) is 4.10. The van der Waals surface area contributed by atoms with Gasteiger partial charge >= 0.3 is 0 Å². The van der Waals surface area contributed by atoms with E-state index in [2.05, 4.69) is 22.5 Å². The number of rotatable bonds is 7. The van der Waals surface area contributed by atoms with Gasteiger partial charge in [0.2, 0.25) is 11.8 Å². The van der Waals surface area contributed by atoms with E-state index >= 15 is 0 Å². The zero-order valence-electron chi connectivity index (χ0n) is 15.3. The molecule has 0 fully saturated rings. The number of carbonyl (C=O) groups excluding carboxylic acids is 2. The van der Waals surface area contributed by atoms with Gasteiger partial charge in [-0.1, -0.05) is 30.3 Å². The topological polar surface area (TPSA) is 67.2 Å². The fourth-order valence-corrected chi connectivity index (χ4v) is 3.27. The number of fused-ring (bicyclic) bond motifs is 1. The molecule has 0 bridgehead atoms. The highest BCUT2D eigenvalue weighted by Gasteiger charge is 2.24. The van der Waals surface area contributed by atoms with Crippen LogP contribution in [0.15, 0.2) is 36.4 Å². The Balaban J connectivity index is 1.38. The van der Waals surface area contributed by atoms with Gasteiger partial charge in [0.25, 0.3) is 0 Å². The van der Waals surface area contributed by atoms with Crippen LogP contribution in [0.4, 0.5) is 5.82 Å². The van der Waals surface area contributed by atoms with Crippen LogP contribution in [-0.2, 0) is 22.6 Å². The average Bonchev–Trinajstić information content (AvgIpc) is 3.04. The number of benzene rings is 1. The van der Waals surface area contributed by atoms with Crippen molar-refractivity contribution in [1.29, 1.82) is 0 Å². The molecule has 2 aromatic rings. The summed E-state index contributed by atoms with van der Waals surface area (Å²) in [5, 5.41) is 7.30. The standard InChI is InChI=1S/C20H26N4O2/c1-16-15-19-23(13-6-14-24(19)22-16)20(26)11-10-18(25)21-12-5-9-17-7-3-2-4-8-17/h2-4,7-8,15H,5-6,9-14H2,1H3,(H,21,25). The highest BCUT2D eigenvalue weighted by molar-refractivity contribution is 5.95. The second kappa shape index (κ2) is 8.65. The van der Waals surface area contributed by atoms with Crippen molar-refractivity contribution in [3.8, 4) is 0 Å². The molecule has 6 nitrogen and oxygen atoms in total. The van der Waals surface area contributed by atoms with Crippen LogP contribution in [0.3, 0.4) is 0 Å². The summed E-state index contributed by atoms with van der Waals surface area (Å²) in [4.78, 5) is 26.2. The number of amides is 2. The molecule has 2 heterocycles.